The Balaban J connectivity index is 0.00000196. The first-order valence-corrected chi connectivity index (χ1v) is 5.56. The monoisotopic (exact) mass is 340 g/mol. The molecule has 1 aromatic rings. The highest BCUT2D eigenvalue weighted by atomic mass is 127. The van der Waals surface area contributed by atoms with E-state index < -0.39 is 0 Å². The van der Waals surface area contributed by atoms with Crippen molar-refractivity contribution in [1.29, 1.82) is 0 Å². The maximum absolute atomic E-state index is 11.5. The number of amides is 1. The van der Waals surface area contributed by atoms with E-state index in [0.29, 0.717) is 18.7 Å². The largest absolute Gasteiger partial charge is 0.352 e. The summed E-state index contributed by atoms with van der Waals surface area (Å²) < 4.78 is 1.13. The first-order chi connectivity index (χ1) is 6.74. The Morgan fingerprint density at radius 3 is 2.47 bits per heavy atom. The van der Waals surface area contributed by atoms with E-state index in [1.54, 1.807) is 0 Å². The van der Waals surface area contributed by atoms with Crippen LogP contribution in [0.15, 0.2) is 24.3 Å². The normalized spacial score (nSPS) is 9.20. The average molecular weight is 341 g/mol. The molecule has 1 aromatic carbocycles. The molecule has 3 nitrogen and oxygen atoms in total. The van der Waals surface area contributed by atoms with E-state index in [-0.39, 0.29) is 18.3 Å². The summed E-state index contributed by atoms with van der Waals surface area (Å²) in [5, 5.41) is 2.80. The number of hydrogen-bond donors (Lipinski definition) is 2. The topological polar surface area (TPSA) is 55.1 Å². The van der Waals surface area contributed by atoms with Gasteiger partial charge in [0.1, 0.15) is 0 Å². The molecule has 0 saturated carbocycles. The van der Waals surface area contributed by atoms with Gasteiger partial charge in [0.2, 0.25) is 0 Å². The molecule has 0 fully saturated rings. The summed E-state index contributed by atoms with van der Waals surface area (Å²) in [7, 11) is 0. The highest BCUT2D eigenvalue weighted by Crippen LogP contribution is 2.06. The van der Waals surface area contributed by atoms with Crippen molar-refractivity contribution in [3.8, 4) is 0 Å². The van der Waals surface area contributed by atoms with Crippen LogP contribution >= 0.6 is 35.0 Å². The van der Waals surface area contributed by atoms with Gasteiger partial charge in [-0.15, -0.1) is 12.4 Å². The standard InChI is InChI=1S/C10H13IN2O.ClH/c11-9-4-2-8(3-5-9)10(14)13-7-1-6-12;/h2-5H,1,6-7,12H2,(H,13,14);1H. The number of rotatable bonds is 4. The summed E-state index contributed by atoms with van der Waals surface area (Å²) in [4.78, 5) is 11.5. The molecule has 0 radical (unpaired) electrons. The lowest BCUT2D eigenvalue weighted by Gasteiger charge is -2.03. The van der Waals surface area contributed by atoms with Crippen LogP contribution in [0.1, 0.15) is 16.8 Å². The maximum atomic E-state index is 11.5. The molecule has 84 valence electrons. The molecule has 0 aliphatic carbocycles. The van der Waals surface area contributed by atoms with Crippen LogP contribution in [-0.4, -0.2) is 19.0 Å². The van der Waals surface area contributed by atoms with Gasteiger partial charge in [0.15, 0.2) is 0 Å². The molecule has 0 unspecified atom stereocenters. The van der Waals surface area contributed by atoms with Crippen molar-refractivity contribution >= 4 is 40.9 Å². The van der Waals surface area contributed by atoms with Crippen molar-refractivity contribution in [3.05, 3.63) is 33.4 Å². The molecule has 0 bridgehead atoms. The van der Waals surface area contributed by atoms with E-state index in [2.05, 4.69) is 27.9 Å². The Hall–Kier alpha value is -0.330. The number of benzene rings is 1. The van der Waals surface area contributed by atoms with Gasteiger partial charge in [-0.1, -0.05) is 0 Å². The van der Waals surface area contributed by atoms with Crippen molar-refractivity contribution in [2.75, 3.05) is 13.1 Å². The molecular formula is C10H14ClIN2O. The van der Waals surface area contributed by atoms with Gasteiger partial charge >= 0.3 is 0 Å². The zero-order valence-corrected chi connectivity index (χ0v) is 11.2. The Kier molecular flexibility index (Phi) is 7.72. The van der Waals surface area contributed by atoms with Crippen molar-refractivity contribution in [1.82, 2.24) is 5.32 Å². The van der Waals surface area contributed by atoms with Crippen LogP contribution in [0, 0.1) is 3.57 Å². The highest BCUT2D eigenvalue weighted by Gasteiger charge is 2.02. The molecule has 0 aliphatic heterocycles. The highest BCUT2D eigenvalue weighted by molar-refractivity contribution is 14.1. The van der Waals surface area contributed by atoms with Gasteiger partial charge in [-0.05, 0) is 59.8 Å². The van der Waals surface area contributed by atoms with Crippen LogP contribution in [0.5, 0.6) is 0 Å². The number of halogens is 2. The van der Waals surface area contributed by atoms with E-state index in [4.69, 9.17) is 5.73 Å². The van der Waals surface area contributed by atoms with Crippen LogP contribution < -0.4 is 11.1 Å². The quantitative estimate of drug-likeness (QED) is 0.648. The van der Waals surface area contributed by atoms with E-state index >= 15 is 0 Å². The number of carbonyl (C=O) groups excluding carboxylic acids is 1. The van der Waals surface area contributed by atoms with Crippen LogP contribution in [0.25, 0.3) is 0 Å². The minimum absolute atomic E-state index is 0. The van der Waals surface area contributed by atoms with Crippen LogP contribution in [0.4, 0.5) is 0 Å². The third kappa shape index (κ3) is 5.34. The first-order valence-electron chi connectivity index (χ1n) is 4.48. The van der Waals surface area contributed by atoms with Crippen molar-refractivity contribution in [3.63, 3.8) is 0 Å². The van der Waals surface area contributed by atoms with E-state index in [1.165, 1.54) is 0 Å². The molecule has 0 atom stereocenters. The Morgan fingerprint density at radius 2 is 1.93 bits per heavy atom. The predicted octanol–water partition coefficient (Wildman–Crippen LogP) is 1.79. The summed E-state index contributed by atoms with van der Waals surface area (Å²) in [6.45, 7) is 1.24. The number of nitrogens with two attached hydrogens (primary N) is 1. The molecule has 3 N–H and O–H groups in total. The van der Waals surface area contributed by atoms with E-state index in [9.17, 15) is 4.79 Å². The molecule has 1 amide bonds. The van der Waals surface area contributed by atoms with Gasteiger partial charge < -0.3 is 11.1 Å². The van der Waals surface area contributed by atoms with Crippen molar-refractivity contribution < 1.29 is 4.79 Å². The number of hydrogen-bond acceptors (Lipinski definition) is 2. The molecule has 0 aliphatic rings. The fourth-order valence-electron chi connectivity index (χ4n) is 1.01. The summed E-state index contributed by atoms with van der Waals surface area (Å²) in [6.07, 6.45) is 0.816. The minimum atomic E-state index is -0.0325. The number of nitrogens with one attached hydrogen (secondary N) is 1. The number of carbonyl (C=O) groups is 1. The third-order valence-corrected chi connectivity index (χ3v) is 2.49. The van der Waals surface area contributed by atoms with Gasteiger partial charge in [-0.3, -0.25) is 4.79 Å². The van der Waals surface area contributed by atoms with Crippen LogP contribution in [0.2, 0.25) is 0 Å². The van der Waals surface area contributed by atoms with Gasteiger partial charge in [-0.2, -0.15) is 0 Å². The van der Waals surface area contributed by atoms with Gasteiger partial charge in [-0.25, -0.2) is 0 Å². The molecule has 0 spiro atoms. The van der Waals surface area contributed by atoms with Gasteiger partial charge in [0, 0.05) is 15.7 Å². The second-order valence-electron chi connectivity index (χ2n) is 2.91. The minimum Gasteiger partial charge on any atom is -0.352 e. The zero-order chi connectivity index (χ0) is 10.4. The smallest absolute Gasteiger partial charge is 0.251 e. The molecular weight excluding hydrogens is 326 g/mol. The summed E-state index contributed by atoms with van der Waals surface area (Å²) >= 11 is 2.21. The van der Waals surface area contributed by atoms with Gasteiger partial charge in [0.05, 0.1) is 0 Å². The molecule has 5 heteroatoms. The zero-order valence-electron chi connectivity index (χ0n) is 8.20. The molecule has 15 heavy (non-hydrogen) atoms. The Morgan fingerprint density at radius 1 is 1.33 bits per heavy atom. The molecule has 0 heterocycles. The lowest BCUT2D eigenvalue weighted by atomic mass is 10.2. The third-order valence-electron chi connectivity index (χ3n) is 1.77. The van der Waals surface area contributed by atoms with E-state index in [1.807, 2.05) is 24.3 Å². The molecule has 0 aromatic heterocycles. The SMILES string of the molecule is Cl.NCCCNC(=O)c1ccc(I)cc1. The fourth-order valence-corrected chi connectivity index (χ4v) is 1.37. The lowest BCUT2D eigenvalue weighted by Crippen LogP contribution is -2.25. The summed E-state index contributed by atoms with van der Waals surface area (Å²) in [5.41, 5.74) is 6.02. The fraction of sp³-hybridized carbons (Fsp3) is 0.300. The second-order valence-corrected chi connectivity index (χ2v) is 4.15. The Bertz CT molecular complexity index is 303. The van der Waals surface area contributed by atoms with Crippen molar-refractivity contribution in [2.24, 2.45) is 5.73 Å². The molecule has 0 saturated heterocycles. The summed E-state index contributed by atoms with van der Waals surface area (Å²) in [5.74, 6) is -0.0325. The summed E-state index contributed by atoms with van der Waals surface area (Å²) in [6, 6.07) is 7.47. The molecule has 1 rings (SSSR count). The maximum Gasteiger partial charge on any atom is 0.251 e. The van der Waals surface area contributed by atoms with Crippen LogP contribution in [0.3, 0.4) is 0 Å². The van der Waals surface area contributed by atoms with Crippen molar-refractivity contribution in [2.45, 2.75) is 6.42 Å². The average Bonchev–Trinajstić information content (AvgIpc) is 2.19. The lowest BCUT2D eigenvalue weighted by molar-refractivity contribution is 0.0953. The van der Waals surface area contributed by atoms with E-state index in [0.717, 1.165) is 9.99 Å². The Labute approximate surface area is 109 Å². The van der Waals surface area contributed by atoms with Crippen LogP contribution in [-0.2, 0) is 0 Å². The van der Waals surface area contributed by atoms with Gasteiger partial charge in [0.25, 0.3) is 5.91 Å². The second kappa shape index (κ2) is 7.90. The first kappa shape index (κ1) is 14.7. The predicted molar refractivity (Wildman–Crippen MR) is 72.4 cm³/mol.